The van der Waals surface area contributed by atoms with Gasteiger partial charge in [-0.15, -0.1) is 0 Å². The van der Waals surface area contributed by atoms with Gasteiger partial charge in [0.1, 0.15) is 5.75 Å². The molecule has 0 atom stereocenters. The molecule has 16 heavy (non-hydrogen) atoms. The first-order chi connectivity index (χ1) is 7.58. The molecule has 0 aliphatic rings. The van der Waals surface area contributed by atoms with Gasteiger partial charge >= 0.3 is 0 Å². The maximum Gasteiger partial charge on any atom is 0.119 e. The third-order valence-corrected chi connectivity index (χ3v) is 2.69. The van der Waals surface area contributed by atoms with E-state index in [4.69, 9.17) is 0 Å². The summed E-state index contributed by atoms with van der Waals surface area (Å²) in [4.78, 5) is 0. The second-order valence-corrected chi connectivity index (χ2v) is 4.33. The largest absolute Gasteiger partial charge is 0.508 e. The molecule has 1 aromatic heterocycles. The lowest BCUT2D eigenvalue weighted by atomic mass is 9.99. The number of aryl methyl sites for hydroxylation is 1. The second kappa shape index (κ2) is 4.00. The summed E-state index contributed by atoms with van der Waals surface area (Å²) in [5.74, 6) is 0.694. The Bertz CT molecular complexity index is 500. The molecule has 3 nitrogen and oxygen atoms in total. The lowest BCUT2D eigenvalue weighted by Crippen LogP contribution is -1.88. The van der Waals surface area contributed by atoms with E-state index in [-0.39, 0.29) is 0 Å². The molecule has 0 saturated heterocycles. The molecule has 0 amide bonds. The lowest BCUT2D eigenvalue weighted by Gasteiger charge is -2.09. The molecule has 2 aromatic rings. The molecular weight excluding hydrogens is 200 g/mol. The Balaban J connectivity index is 2.42. The zero-order valence-electron chi connectivity index (χ0n) is 9.81. The van der Waals surface area contributed by atoms with E-state index in [1.165, 1.54) is 0 Å². The van der Waals surface area contributed by atoms with Gasteiger partial charge in [-0.2, -0.15) is 5.10 Å². The van der Waals surface area contributed by atoms with E-state index in [1.54, 1.807) is 16.9 Å². The number of benzene rings is 1. The third-order valence-electron chi connectivity index (χ3n) is 2.69. The van der Waals surface area contributed by atoms with Crippen molar-refractivity contribution in [1.29, 1.82) is 0 Å². The molecule has 0 aliphatic heterocycles. The number of rotatable bonds is 2. The van der Waals surface area contributed by atoms with Crippen molar-refractivity contribution >= 4 is 0 Å². The first-order valence-corrected chi connectivity index (χ1v) is 5.40. The van der Waals surface area contributed by atoms with Gasteiger partial charge in [0.2, 0.25) is 0 Å². The van der Waals surface area contributed by atoms with E-state index in [0.29, 0.717) is 11.7 Å². The number of hydrogen-bond acceptors (Lipinski definition) is 2. The van der Waals surface area contributed by atoms with Crippen LogP contribution in [0, 0.1) is 0 Å². The molecule has 0 spiro atoms. The first-order valence-electron chi connectivity index (χ1n) is 5.40. The monoisotopic (exact) mass is 216 g/mol. The van der Waals surface area contributed by atoms with Gasteiger partial charge in [0, 0.05) is 18.8 Å². The quantitative estimate of drug-likeness (QED) is 0.838. The van der Waals surface area contributed by atoms with E-state index >= 15 is 0 Å². The van der Waals surface area contributed by atoms with Crippen molar-refractivity contribution in [2.75, 3.05) is 0 Å². The SMILES string of the molecule is CC(C)c1ccc(-c2cnn(C)c2)cc1O. The summed E-state index contributed by atoms with van der Waals surface area (Å²) in [5, 5.41) is 14.0. The number of phenols is 1. The summed E-state index contributed by atoms with van der Waals surface area (Å²) in [6, 6.07) is 5.79. The molecule has 0 radical (unpaired) electrons. The molecule has 1 N–H and O–H groups in total. The van der Waals surface area contributed by atoms with E-state index in [2.05, 4.69) is 18.9 Å². The number of hydrogen-bond donors (Lipinski definition) is 1. The molecule has 3 heteroatoms. The smallest absolute Gasteiger partial charge is 0.119 e. The van der Waals surface area contributed by atoms with E-state index in [0.717, 1.165) is 16.7 Å². The Morgan fingerprint density at radius 3 is 2.50 bits per heavy atom. The normalized spacial score (nSPS) is 11.0. The molecule has 0 unspecified atom stereocenters. The number of phenolic OH excluding ortho intramolecular Hbond substituents is 1. The summed E-state index contributed by atoms with van der Waals surface area (Å²) in [7, 11) is 1.88. The van der Waals surface area contributed by atoms with Gasteiger partial charge in [0.15, 0.2) is 0 Å². The topological polar surface area (TPSA) is 38.0 Å². The third kappa shape index (κ3) is 1.94. The van der Waals surface area contributed by atoms with E-state index in [9.17, 15) is 5.11 Å². The minimum atomic E-state index is 0.336. The Morgan fingerprint density at radius 1 is 1.25 bits per heavy atom. The molecule has 0 fully saturated rings. The molecular formula is C13H16N2O. The Kier molecular flexibility index (Phi) is 2.69. The van der Waals surface area contributed by atoms with Gasteiger partial charge in [0.05, 0.1) is 6.20 Å². The minimum Gasteiger partial charge on any atom is -0.508 e. The van der Waals surface area contributed by atoms with Crippen LogP contribution in [0.25, 0.3) is 11.1 Å². The van der Waals surface area contributed by atoms with Gasteiger partial charge in [0.25, 0.3) is 0 Å². The zero-order valence-corrected chi connectivity index (χ0v) is 9.81. The first kappa shape index (κ1) is 10.7. The summed E-state index contributed by atoms with van der Waals surface area (Å²) in [5.41, 5.74) is 3.00. The summed E-state index contributed by atoms with van der Waals surface area (Å²) in [6.07, 6.45) is 3.73. The van der Waals surface area contributed by atoms with Gasteiger partial charge in [-0.3, -0.25) is 4.68 Å². The highest BCUT2D eigenvalue weighted by Gasteiger charge is 2.08. The number of aromatic nitrogens is 2. The highest BCUT2D eigenvalue weighted by atomic mass is 16.3. The fourth-order valence-electron chi connectivity index (χ4n) is 1.78. The van der Waals surface area contributed by atoms with Crippen LogP contribution < -0.4 is 0 Å². The standard InChI is InChI=1S/C13H16N2O/c1-9(2)12-5-4-10(6-13(12)16)11-7-14-15(3)8-11/h4-9,16H,1-3H3. The highest BCUT2D eigenvalue weighted by molar-refractivity contribution is 5.64. The predicted octanol–water partition coefficient (Wildman–Crippen LogP) is 2.92. The Labute approximate surface area is 95.3 Å². The van der Waals surface area contributed by atoms with Crippen LogP contribution in [0.3, 0.4) is 0 Å². The van der Waals surface area contributed by atoms with Crippen molar-refractivity contribution in [3.8, 4) is 16.9 Å². The number of aromatic hydroxyl groups is 1. The van der Waals surface area contributed by atoms with Crippen LogP contribution in [0.15, 0.2) is 30.6 Å². The molecule has 2 rings (SSSR count). The molecule has 1 heterocycles. The average molecular weight is 216 g/mol. The van der Waals surface area contributed by atoms with Crippen LogP contribution in [0.4, 0.5) is 0 Å². The highest BCUT2D eigenvalue weighted by Crippen LogP contribution is 2.30. The zero-order chi connectivity index (χ0) is 11.7. The molecule has 0 aliphatic carbocycles. The average Bonchev–Trinajstić information content (AvgIpc) is 2.64. The molecule has 0 bridgehead atoms. The van der Waals surface area contributed by atoms with Gasteiger partial charge < -0.3 is 5.11 Å². The molecule has 84 valence electrons. The Hall–Kier alpha value is -1.77. The van der Waals surface area contributed by atoms with Crippen LogP contribution in [0.5, 0.6) is 5.75 Å². The van der Waals surface area contributed by atoms with Gasteiger partial charge in [-0.1, -0.05) is 26.0 Å². The summed E-state index contributed by atoms with van der Waals surface area (Å²) >= 11 is 0. The van der Waals surface area contributed by atoms with Crippen LogP contribution in [-0.2, 0) is 7.05 Å². The maximum atomic E-state index is 9.90. The van der Waals surface area contributed by atoms with Crippen molar-refractivity contribution < 1.29 is 5.11 Å². The van der Waals surface area contributed by atoms with Crippen LogP contribution in [0.1, 0.15) is 25.3 Å². The fourth-order valence-corrected chi connectivity index (χ4v) is 1.78. The van der Waals surface area contributed by atoms with Crippen molar-refractivity contribution in [2.45, 2.75) is 19.8 Å². The number of nitrogens with zero attached hydrogens (tertiary/aromatic N) is 2. The maximum absolute atomic E-state index is 9.90. The summed E-state index contributed by atoms with van der Waals surface area (Å²) < 4.78 is 1.75. The fraction of sp³-hybridized carbons (Fsp3) is 0.308. The van der Waals surface area contributed by atoms with Gasteiger partial charge in [-0.25, -0.2) is 0 Å². The van der Waals surface area contributed by atoms with Crippen molar-refractivity contribution in [1.82, 2.24) is 9.78 Å². The Morgan fingerprint density at radius 2 is 2.00 bits per heavy atom. The molecule has 0 saturated carbocycles. The van der Waals surface area contributed by atoms with Crippen LogP contribution in [0.2, 0.25) is 0 Å². The minimum absolute atomic E-state index is 0.336. The van der Waals surface area contributed by atoms with Crippen LogP contribution in [-0.4, -0.2) is 14.9 Å². The predicted molar refractivity (Wildman–Crippen MR) is 64.4 cm³/mol. The summed E-state index contributed by atoms with van der Waals surface area (Å²) in [6.45, 7) is 4.14. The lowest BCUT2D eigenvalue weighted by molar-refractivity contribution is 0.465. The van der Waals surface area contributed by atoms with Crippen molar-refractivity contribution in [3.63, 3.8) is 0 Å². The van der Waals surface area contributed by atoms with Crippen molar-refractivity contribution in [3.05, 3.63) is 36.2 Å². The van der Waals surface area contributed by atoms with E-state index < -0.39 is 0 Å². The van der Waals surface area contributed by atoms with E-state index in [1.807, 2.05) is 25.4 Å². The van der Waals surface area contributed by atoms with Crippen LogP contribution >= 0.6 is 0 Å². The van der Waals surface area contributed by atoms with Gasteiger partial charge in [-0.05, 0) is 23.1 Å². The molecule has 1 aromatic carbocycles. The second-order valence-electron chi connectivity index (χ2n) is 4.33. The van der Waals surface area contributed by atoms with Crippen molar-refractivity contribution in [2.24, 2.45) is 7.05 Å².